The van der Waals surface area contributed by atoms with E-state index in [2.05, 4.69) is 5.32 Å². The first kappa shape index (κ1) is 21.9. The van der Waals surface area contributed by atoms with Gasteiger partial charge in [-0.2, -0.15) is 0 Å². The number of hydrogen-bond acceptors (Lipinski definition) is 2. The van der Waals surface area contributed by atoms with E-state index in [4.69, 9.17) is 11.6 Å². The van der Waals surface area contributed by atoms with Crippen molar-refractivity contribution in [2.24, 2.45) is 0 Å². The Hall–Kier alpha value is -2.40. The number of nitrogens with zero attached hydrogens (tertiary/aromatic N) is 1. The lowest BCUT2D eigenvalue weighted by Crippen LogP contribution is -2.49. The first-order valence-corrected chi connectivity index (χ1v) is 9.88. The molecule has 2 aromatic carbocycles. The van der Waals surface area contributed by atoms with E-state index in [0.29, 0.717) is 18.0 Å². The summed E-state index contributed by atoms with van der Waals surface area (Å²) in [5, 5.41) is 3.43. The van der Waals surface area contributed by atoms with Crippen LogP contribution in [0.15, 0.2) is 48.5 Å². The number of halogens is 2. The quantitative estimate of drug-likeness (QED) is 0.675. The van der Waals surface area contributed by atoms with E-state index < -0.39 is 6.04 Å². The zero-order valence-electron chi connectivity index (χ0n) is 16.3. The van der Waals surface area contributed by atoms with Crippen LogP contribution in [0.25, 0.3) is 0 Å². The van der Waals surface area contributed by atoms with Crippen LogP contribution in [-0.2, 0) is 22.6 Å². The summed E-state index contributed by atoms with van der Waals surface area (Å²) in [6.45, 7) is 4.64. The topological polar surface area (TPSA) is 49.4 Å². The summed E-state index contributed by atoms with van der Waals surface area (Å²) in [5.74, 6) is -0.690. The SMILES string of the molecule is CCCNC(=O)[C@@H](CC)N(Cc1ccc(F)cc1)C(=O)Cc1cccc(Cl)c1. The minimum atomic E-state index is -0.594. The zero-order valence-corrected chi connectivity index (χ0v) is 17.0. The van der Waals surface area contributed by atoms with Gasteiger partial charge >= 0.3 is 0 Å². The molecule has 2 rings (SSSR count). The predicted molar refractivity (Wildman–Crippen MR) is 109 cm³/mol. The van der Waals surface area contributed by atoms with E-state index in [1.54, 1.807) is 35.2 Å². The number of carbonyl (C=O) groups excluding carboxylic acids is 2. The van der Waals surface area contributed by atoms with Crippen molar-refractivity contribution in [2.45, 2.75) is 45.7 Å². The number of nitrogens with one attached hydrogen (secondary N) is 1. The van der Waals surface area contributed by atoms with Crippen molar-refractivity contribution in [3.8, 4) is 0 Å². The summed E-state index contributed by atoms with van der Waals surface area (Å²) in [5.41, 5.74) is 1.55. The van der Waals surface area contributed by atoms with Crippen molar-refractivity contribution in [2.75, 3.05) is 6.54 Å². The molecule has 2 amide bonds. The summed E-state index contributed by atoms with van der Waals surface area (Å²) in [7, 11) is 0. The van der Waals surface area contributed by atoms with Gasteiger partial charge in [0.15, 0.2) is 0 Å². The second kappa shape index (κ2) is 10.8. The molecule has 0 fully saturated rings. The Morgan fingerprint density at radius 2 is 1.82 bits per heavy atom. The lowest BCUT2D eigenvalue weighted by Gasteiger charge is -2.30. The van der Waals surface area contributed by atoms with Crippen LogP contribution >= 0.6 is 11.6 Å². The molecule has 2 aromatic rings. The molecular weight excluding hydrogens is 379 g/mol. The molecule has 0 aliphatic carbocycles. The van der Waals surface area contributed by atoms with Crippen LogP contribution in [0.4, 0.5) is 4.39 Å². The van der Waals surface area contributed by atoms with Crippen LogP contribution in [-0.4, -0.2) is 29.3 Å². The van der Waals surface area contributed by atoms with Crippen molar-refractivity contribution >= 4 is 23.4 Å². The molecule has 1 atom stereocenters. The number of carbonyl (C=O) groups is 2. The highest BCUT2D eigenvalue weighted by Gasteiger charge is 2.28. The Morgan fingerprint density at radius 3 is 2.43 bits per heavy atom. The normalized spacial score (nSPS) is 11.7. The molecule has 0 saturated carbocycles. The van der Waals surface area contributed by atoms with Crippen LogP contribution in [0.5, 0.6) is 0 Å². The standard InChI is InChI=1S/C22H26ClFN2O2/c1-3-12-25-22(28)20(4-2)26(15-16-8-10-19(24)11-9-16)21(27)14-17-6-5-7-18(23)13-17/h5-11,13,20H,3-4,12,14-15H2,1-2H3,(H,25,28)/t20-/m1/s1. The minimum Gasteiger partial charge on any atom is -0.354 e. The van der Waals surface area contributed by atoms with Gasteiger partial charge in [-0.1, -0.05) is 49.7 Å². The van der Waals surface area contributed by atoms with Crippen molar-refractivity contribution in [1.82, 2.24) is 10.2 Å². The molecule has 0 bridgehead atoms. The highest BCUT2D eigenvalue weighted by Crippen LogP contribution is 2.17. The fourth-order valence-electron chi connectivity index (χ4n) is 3.00. The second-order valence-electron chi connectivity index (χ2n) is 6.67. The van der Waals surface area contributed by atoms with Crippen LogP contribution < -0.4 is 5.32 Å². The van der Waals surface area contributed by atoms with E-state index in [-0.39, 0.29) is 30.6 Å². The van der Waals surface area contributed by atoms with Gasteiger partial charge in [0.2, 0.25) is 11.8 Å². The average Bonchev–Trinajstić information content (AvgIpc) is 2.67. The molecule has 0 saturated heterocycles. The van der Waals surface area contributed by atoms with Crippen LogP contribution in [0.2, 0.25) is 5.02 Å². The molecule has 6 heteroatoms. The van der Waals surface area contributed by atoms with Crippen molar-refractivity contribution in [3.63, 3.8) is 0 Å². The summed E-state index contributed by atoms with van der Waals surface area (Å²) in [4.78, 5) is 27.3. The fourth-order valence-corrected chi connectivity index (χ4v) is 3.21. The maximum absolute atomic E-state index is 13.2. The minimum absolute atomic E-state index is 0.138. The van der Waals surface area contributed by atoms with Crippen molar-refractivity contribution in [1.29, 1.82) is 0 Å². The van der Waals surface area contributed by atoms with Gasteiger partial charge in [0.05, 0.1) is 6.42 Å². The molecule has 0 spiro atoms. The van der Waals surface area contributed by atoms with Crippen molar-refractivity contribution < 1.29 is 14.0 Å². The van der Waals surface area contributed by atoms with Gasteiger partial charge in [-0.15, -0.1) is 0 Å². The molecule has 1 N–H and O–H groups in total. The van der Waals surface area contributed by atoms with E-state index in [9.17, 15) is 14.0 Å². The van der Waals surface area contributed by atoms with E-state index in [1.807, 2.05) is 19.9 Å². The summed E-state index contributed by atoms with van der Waals surface area (Å²) < 4.78 is 13.2. The van der Waals surface area contributed by atoms with Crippen LogP contribution in [0.3, 0.4) is 0 Å². The molecule has 0 radical (unpaired) electrons. The van der Waals surface area contributed by atoms with Crippen LogP contribution in [0.1, 0.15) is 37.8 Å². The lowest BCUT2D eigenvalue weighted by atomic mass is 10.1. The molecule has 150 valence electrons. The summed E-state index contributed by atoms with van der Waals surface area (Å²) in [6, 6.07) is 12.5. The first-order valence-electron chi connectivity index (χ1n) is 9.50. The van der Waals surface area contributed by atoms with E-state index in [0.717, 1.165) is 17.5 Å². The predicted octanol–water partition coefficient (Wildman–Crippen LogP) is 4.36. The number of benzene rings is 2. The first-order chi connectivity index (χ1) is 13.4. The number of hydrogen-bond donors (Lipinski definition) is 1. The van der Waals surface area contributed by atoms with Gasteiger partial charge in [-0.25, -0.2) is 4.39 Å². The third-order valence-electron chi connectivity index (χ3n) is 4.45. The second-order valence-corrected chi connectivity index (χ2v) is 7.11. The Balaban J connectivity index is 2.26. The highest BCUT2D eigenvalue weighted by molar-refractivity contribution is 6.30. The molecule has 0 aliphatic heterocycles. The monoisotopic (exact) mass is 404 g/mol. The molecule has 0 heterocycles. The molecule has 28 heavy (non-hydrogen) atoms. The largest absolute Gasteiger partial charge is 0.354 e. The maximum Gasteiger partial charge on any atom is 0.242 e. The van der Waals surface area contributed by atoms with Crippen LogP contribution in [0, 0.1) is 5.82 Å². The van der Waals surface area contributed by atoms with Gasteiger partial charge < -0.3 is 10.2 Å². The summed E-state index contributed by atoms with van der Waals surface area (Å²) >= 11 is 6.03. The van der Waals surface area contributed by atoms with Gasteiger partial charge in [0.25, 0.3) is 0 Å². The maximum atomic E-state index is 13.2. The van der Waals surface area contributed by atoms with Gasteiger partial charge in [-0.3, -0.25) is 9.59 Å². The zero-order chi connectivity index (χ0) is 20.5. The third-order valence-corrected chi connectivity index (χ3v) is 4.68. The Kier molecular flexibility index (Phi) is 8.45. The Labute approximate surface area is 170 Å². The van der Waals surface area contributed by atoms with E-state index >= 15 is 0 Å². The molecule has 0 aliphatic rings. The smallest absolute Gasteiger partial charge is 0.242 e. The van der Waals surface area contributed by atoms with E-state index in [1.165, 1.54) is 12.1 Å². The molecule has 0 unspecified atom stereocenters. The third kappa shape index (κ3) is 6.34. The number of amides is 2. The fraction of sp³-hybridized carbons (Fsp3) is 0.364. The van der Waals surface area contributed by atoms with Gasteiger partial charge in [-0.05, 0) is 48.2 Å². The Morgan fingerprint density at radius 1 is 1.11 bits per heavy atom. The average molecular weight is 405 g/mol. The highest BCUT2D eigenvalue weighted by atomic mass is 35.5. The molecular formula is C22H26ClFN2O2. The lowest BCUT2D eigenvalue weighted by molar-refractivity contribution is -0.140. The van der Waals surface area contributed by atoms with Crippen molar-refractivity contribution in [3.05, 3.63) is 70.5 Å². The van der Waals surface area contributed by atoms with Gasteiger partial charge in [0, 0.05) is 18.1 Å². The summed E-state index contributed by atoms with van der Waals surface area (Å²) in [6.07, 6.45) is 1.44. The number of rotatable bonds is 9. The molecule has 0 aromatic heterocycles. The Bertz CT molecular complexity index is 795. The van der Waals surface area contributed by atoms with Gasteiger partial charge in [0.1, 0.15) is 11.9 Å². The molecule has 4 nitrogen and oxygen atoms in total.